The fraction of sp³-hybridized carbons (Fsp3) is 0.571. The zero-order chi connectivity index (χ0) is 12.3. The standard InChI is InChI=1S/C14H22N2O/c1-16(10-11-5-3-4-6-11)12-7-8-13(15)14(9-12)17-2/h7-9,11H,3-6,10,15H2,1-2H3. The van der Waals surface area contributed by atoms with Gasteiger partial charge in [-0.25, -0.2) is 0 Å². The predicted molar refractivity (Wildman–Crippen MR) is 72.6 cm³/mol. The van der Waals surface area contributed by atoms with E-state index in [1.807, 2.05) is 12.1 Å². The van der Waals surface area contributed by atoms with Gasteiger partial charge in [-0.05, 0) is 30.9 Å². The second-order valence-electron chi connectivity index (χ2n) is 4.96. The number of anilines is 2. The Morgan fingerprint density at radius 1 is 1.35 bits per heavy atom. The van der Waals surface area contributed by atoms with Crippen molar-refractivity contribution in [1.82, 2.24) is 0 Å². The van der Waals surface area contributed by atoms with Crippen LogP contribution in [0.4, 0.5) is 11.4 Å². The zero-order valence-corrected chi connectivity index (χ0v) is 10.8. The first-order valence-corrected chi connectivity index (χ1v) is 6.35. The van der Waals surface area contributed by atoms with E-state index in [0.29, 0.717) is 5.69 Å². The quantitative estimate of drug-likeness (QED) is 0.814. The number of hydrogen-bond acceptors (Lipinski definition) is 3. The van der Waals surface area contributed by atoms with Gasteiger partial charge in [0.1, 0.15) is 5.75 Å². The van der Waals surface area contributed by atoms with Crippen molar-refractivity contribution in [2.45, 2.75) is 25.7 Å². The number of nitrogens with two attached hydrogens (primary N) is 1. The number of benzene rings is 1. The van der Waals surface area contributed by atoms with Crippen LogP contribution in [0.3, 0.4) is 0 Å². The van der Waals surface area contributed by atoms with Gasteiger partial charge in [-0.1, -0.05) is 12.8 Å². The summed E-state index contributed by atoms with van der Waals surface area (Å²) in [5, 5.41) is 0. The summed E-state index contributed by atoms with van der Waals surface area (Å²) in [6, 6.07) is 6.00. The summed E-state index contributed by atoms with van der Waals surface area (Å²) in [6.07, 6.45) is 5.53. The zero-order valence-electron chi connectivity index (χ0n) is 10.8. The van der Waals surface area contributed by atoms with E-state index in [0.717, 1.165) is 18.2 Å². The van der Waals surface area contributed by atoms with Gasteiger partial charge < -0.3 is 15.4 Å². The smallest absolute Gasteiger partial charge is 0.143 e. The SMILES string of the molecule is COc1cc(N(C)CC2CCCC2)ccc1N. The van der Waals surface area contributed by atoms with Crippen LogP contribution in [0.1, 0.15) is 25.7 Å². The van der Waals surface area contributed by atoms with Crippen molar-refractivity contribution in [3.05, 3.63) is 18.2 Å². The first-order chi connectivity index (χ1) is 8.20. The molecule has 0 amide bonds. The molecule has 3 heteroatoms. The molecule has 0 aliphatic heterocycles. The average Bonchev–Trinajstić information content (AvgIpc) is 2.82. The Morgan fingerprint density at radius 2 is 2.06 bits per heavy atom. The fourth-order valence-electron chi connectivity index (χ4n) is 2.62. The number of nitrogens with zero attached hydrogens (tertiary/aromatic N) is 1. The van der Waals surface area contributed by atoms with E-state index in [1.165, 1.54) is 31.4 Å². The Balaban J connectivity index is 2.04. The van der Waals surface area contributed by atoms with Gasteiger partial charge in [0.15, 0.2) is 0 Å². The molecule has 17 heavy (non-hydrogen) atoms. The van der Waals surface area contributed by atoms with Gasteiger partial charge in [0, 0.05) is 25.3 Å². The van der Waals surface area contributed by atoms with Crippen molar-refractivity contribution in [3.8, 4) is 5.75 Å². The minimum Gasteiger partial charge on any atom is -0.495 e. The maximum absolute atomic E-state index is 5.82. The third-order valence-electron chi connectivity index (χ3n) is 3.66. The van der Waals surface area contributed by atoms with E-state index in [1.54, 1.807) is 7.11 Å². The minimum absolute atomic E-state index is 0.700. The monoisotopic (exact) mass is 234 g/mol. The molecule has 1 aliphatic carbocycles. The Bertz CT molecular complexity index is 372. The number of ether oxygens (including phenoxy) is 1. The molecule has 0 bridgehead atoms. The molecule has 3 nitrogen and oxygen atoms in total. The van der Waals surface area contributed by atoms with Gasteiger partial charge in [0.05, 0.1) is 12.8 Å². The molecule has 1 aliphatic rings. The lowest BCUT2D eigenvalue weighted by molar-refractivity contribution is 0.417. The molecule has 1 aromatic carbocycles. The first-order valence-electron chi connectivity index (χ1n) is 6.35. The Kier molecular flexibility index (Phi) is 3.77. The normalized spacial score (nSPS) is 16.1. The van der Waals surface area contributed by atoms with Crippen LogP contribution in [-0.4, -0.2) is 20.7 Å². The highest BCUT2D eigenvalue weighted by Crippen LogP contribution is 2.30. The van der Waals surface area contributed by atoms with Crippen LogP contribution in [0, 0.1) is 5.92 Å². The lowest BCUT2D eigenvalue weighted by Gasteiger charge is -2.23. The van der Waals surface area contributed by atoms with Gasteiger partial charge in [-0.3, -0.25) is 0 Å². The second-order valence-corrected chi connectivity index (χ2v) is 4.96. The molecular weight excluding hydrogens is 212 g/mol. The third kappa shape index (κ3) is 2.84. The van der Waals surface area contributed by atoms with E-state index in [2.05, 4.69) is 18.0 Å². The van der Waals surface area contributed by atoms with Crippen LogP contribution in [0.25, 0.3) is 0 Å². The van der Waals surface area contributed by atoms with Crippen molar-refractivity contribution in [1.29, 1.82) is 0 Å². The number of rotatable bonds is 4. The molecular formula is C14H22N2O. The number of methoxy groups -OCH3 is 1. The average molecular weight is 234 g/mol. The molecule has 1 aromatic rings. The molecule has 0 unspecified atom stereocenters. The van der Waals surface area contributed by atoms with Crippen molar-refractivity contribution < 1.29 is 4.74 Å². The van der Waals surface area contributed by atoms with Crippen molar-refractivity contribution >= 4 is 11.4 Å². The summed E-state index contributed by atoms with van der Waals surface area (Å²) < 4.78 is 5.25. The molecule has 0 spiro atoms. The minimum atomic E-state index is 0.700. The summed E-state index contributed by atoms with van der Waals surface area (Å²) >= 11 is 0. The molecule has 94 valence electrons. The molecule has 0 atom stereocenters. The Hall–Kier alpha value is -1.38. The van der Waals surface area contributed by atoms with E-state index < -0.39 is 0 Å². The van der Waals surface area contributed by atoms with Gasteiger partial charge in [-0.15, -0.1) is 0 Å². The highest BCUT2D eigenvalue weighted by Gasteiger charge is 2.17. The number of hydrogen-bond donors (Lipinski definition) is 1. The van der Waals surface area contributed by atoms with Crippen molar-refractivity contribution in [2.24, 2.45) is 5.92 Å². The van der Waals surface area contributed by atoms with Gasteiger partial charge >= 0.3 is 0 Å². The maximum Gasteiger partial charge on any atom is 0.143 e. The van der Waals surface area contributed by atoms with Gasteiger partial charge in [0.2, 0.25) is 0 Å². The lowest BCUT2D eigenvalue weighted by atomic mass is 10.1. The summed E-state index contributed by atoms with van der Waals surface area (Å²) in [5.41, 5.74) is 7.70. The molecule has 1 fully saturated rings. The van der Waals surface area contributed by atoms with E-state index in [9.17, 15) is 0 Å². The number of nitrogen functional groups attached to an aromatic ring is 1. The summed E-state index contributed by atoms with van der Waals surface area (Å²) in [5.74, 6) is 1.62. The van der Waals surface area contributed by atoms with E-state index in [4.69, 9.17) is 10.5 Å². The lowest BCUT2D eigenvalue weighted by Crippen LogP contribution is -2.23. The predicted octanol–water partition coefficient (Wildman–Crippen LogP) is 2.90. The molecule has 0 radical (unpaired) electrons. The molecule has 1 saturated carbocycles. The van der Waals surface area contributed by atoms with Crippen LogP contribution in [-0.2, 0) is 0 Å². The Morgan fingerprint density at radius 3 is 2.71 bits per heavy atom. The molecule has 2 rings (SSSR count). The van der Waals surface area contributed by atoms with Crippen molar-refractivity contribution in [3.63, 3.8) is 0 Å². The van der Waals surface area contributed by atoms with Crippen LogP contribution in [0.15, 0.2) is 18.2 Å². The highest BCUT2D eigenvalue weighted by atomic mass is 16.5. The van der Waals surface area contributed by atoms with Crippen molar-refractivity contribution in [2.75, 3.05) is 31.3 Å². The summed E-state index contributed by atoms with van der Waals surface area (Å²) in [7, 11) is 3.80. The van der Waals surface area contributed by atoms with Gasteiger partial charge in [0.25, 0.3) is 0 Å². The third-order valence-corrected chi connectivity index (χ3v) is 3.66. The van der Waals surface area contributed by atoms with E-state index in [-0.39, 0.29) is 0 Å². The molecule has 2 N–H and O–H groups in total. The first kappa shape index (κ1) is 12.1. The largest absolute Gasteiger partial charge is 0.495 e. The fourth-order valence-corrected chi connectivity index (χ4v) is 2.62. The van der Waals surface area contributed by atoms with Crippen LogP contribution < -0.4 is 15.4 Å². The van der Waals surface area contributed by atoms with Crippen LogP contribution in [0.5, 0.6) is 5.75 Å². The van der Waals surface area contributed by atoms with E-state index >= 15 is 0 Å². The maximum atomic E-state index is 5.82. The second kappa shape index (κ2) is 5.30. The topological polar surface area (TPSA) is 38.5 Å². The highest BCUT2D eigenvalue weighted by molar-refractivity contribution is 5.62. The summed E-state index contributed by atoms with van der Waals surface area (Å²) in [6.45, 7) is 1.13. The van der Waals surface area contributed by atoms with Crippen LogP contribution >= 0.6 is 0 Å². The molecule has 0 heterocycles. The van der Waals surface area contributed by atoms with Gasteiger partial charge in [-0.2, -0.15) is 0 Å². The molecule has 0 aromatic heterocycles. The van der Waals surface area contributed by atoms with Crippen LogP contribution in [0.2, 0.25) is 0 Å². The Labute approximate surface area is 104 Å². The summed E-state index contributed by atoms with van der Waals surface area (Å²) in [4.78, 5) is 2.30. The molecule has 0 saturated heterocycles.